The number of anilines is 1. The number of ketones is 2. The Morgan fingerprint density at radius 2 is 1.89 bits per heavy atom. The summed E-state index contributed by atoms with van der Waals surface area (Å²) in [7, 11) is 3.10. The van der Waals surface area contributed by atoms with Crippen LogP contribution >= 0.6 is 15.9 Å². The van der Waals surface area contributed by atoms with Crippen molar-refractivity contribution in [3.63, 3.8) is 0 Å². The number of allylic oxidation sites excluding steroid dienone is 1. The lowest BCUT2D eigenvalue weighted by atomic mass is 9.58. The largest absolute Gasteiger partial charge is 0.510 e. The van der Waals surface area contributed by atoms with Gasteiger partial charge in [0.05, 0.1) is 23.9 Å². The number of likely N-dealkylation sites (N-methyl/N-ethyl adjacent to an activating group) is 1. The quantitative estimate of drug-likeness (QED) is 0.139. The number of aliphatic hydroxyl groups is 4. The van der Waals surface area contributed by atoms with Crippen LogP contribution in [0, 0.1) is 11.8 Å². The Morgan fingerprint density at radius 1 is 1.24 bits per heavy atom. The van der Waals surface area contributed by atoms with E-state index < -0.39 is 81.1 Å². The summed E-state index contributed by atoms with van der Waals surface area (Å²) >= 11 is 2.97. The standard InChI is InChI=1S/C24H26BrN3O9/c1-28(2)16-10-6-9-5-8-3-4-12(27-23(36)11(25)7-29)17(30)13(8)18(31)14(9)20(33)24(10,37)21(34)15(19(16)32)22(26)35/h3-4,9-11,16,29-30,32-33,37H,5-7H2,1-2H3,(H2,26,35)(H,27,36)/t9?,10?,11?,16-,24?/m0/s1. The first-order valence-electron chi connectivity index (χ1n) is 11.3. The third kappa shape index (κ3) is 3.84. The fourth-order valence-electron chi connectivity index (χ4n) is 5.62. The van der Waals surface area contributed by atoms with E-state index in [9.17, 15) is 39.6 Å². The number of carbonyl (C=O) groups excluding carboxylic acids is 4. The van der Waals surface area contributed by atoms with E-state index in [4.69, 9.17) is 10.8 Å². The number of aliphatic hydroxyl groups excluding tert-OH is 3. The molecule has 0 saturated heterocycles. The predicted molar refractivity (Wildman–Crippen MR) is 132 cm³/mol. The van der Waals surface area contributed by atoms with Gasteiger partial charge in [-0.2, -0.15) is 0 Å². The molecule has 4 unspecified atom stereocenters. The van der Waals surface area contributed by atoms with Crippen LogP contribution in [-0.2, 0) is 20.8 Å². The van der Waals surface area contributed by atoms with Gasteiger partial charge < -0.3 is 36.6 Å². The first-order valence-corrected chi connectivity index (χ1v) is 12.2. The lowest BCUT2D eigenvalue weighted by molar-refractivity contribution is -0.148. The molecular weight excluding hydrogens is 554 g/mol. The molecule has 2 amide bonds. The topological polar surface area (TPSA) is 211 Å². The Morgan fingerprint density at radius 3 is 2.46 bits per heavy atom. The molecular formula is C24H26BrN3O9. The smallest absolute Gasteiger partial charge is 0.255 e. The Kier molecular flexibility index (Phi) is 6.69. The highest BCUT2D eigenvalue weighted by molar-refractivity contribution is 9.10. The summed E-state index contributed by atoms with van der Waals surface area (Å²) in [6, 6.07) is 1.85. The number of alkyl halides is 1. The van der Waals surface area contributed by atoms with Gasteiger partial charge >= 0.3 is 0 Å². The number of rotatable bonds is 5. The molecule has 13 heteroatoms. The van der Waals surface area contributed by atoms with Crippen LogP contribution in [0.4, 0.5) is 5.69 Å². The molecule has 0 spiro atoms. The molecule has 3 aliphatic rings. The number of carbonyl (C=O) groups is 4. The van der Waals surface area contributed by atoms with Crippen LogP contribution in [0.5, 0.6) is 5.75 Å². The van der Waals surface area contributed by atoms with Crippen LogP contribution in [-0.4, -0.2) is 91.0 Å². The van der Waals surface area contributed by atoms with Crippen LogP contribution in [0.1, 0.15) is 22.3 Å². The number of benzene rings is 1. The molecule has 0 aromatic heterocycles. The van der Waals surface area contributed by atoms with E-state index in [1.54, 1.807) is 14.1 Å². The van der Waals surface area contributed by atoms with Crippen molar-refractivity contribution in [2.24, 2.45) is 17.6 Å². The number of Topliss-reactive ketones (excluding diaryl/α,β-unsaturated/α-hetero) is 2. The molecule has 8 N–H and O–H groups in total. The summed E-state index contributed by atoms with van der Waals surface area (Å²) in [5.74, 6) is -8.15. The van der Waals surface area contributed by atoms with Gasteiger partial charge in [-0.1, -0.05) is 22.0 Å². The number of nitrogens with one attached hydrogen (secondary N) is 1. The first-order chi connectivity index (χ1) is 17.3. The lowest BCUT2D eigenvalue weighted by Gasteiger charge is -2.50. The van der Waals surface area contributed by atoms with Crippen molar-refractivity contribution in [1.29, 1.82) is 0 Å². The van der Waals surface area contributed by atoms with Gasteiger partial charge in [0.1, 0.15) is 21.9 Å². The third-order valence-corrected chi connectivity index (χ3v) is 8.00. The monoisotopic (exact) mass is 579 g/mol. The molecule has 5 atom stereocenters. The van der Waals surface area contributed by atoms with E-state index in [0.29, 0.717) is 5.56 Å². The summed E-state index contributed by atoms with van der Waals surface area (Å²) < 4.78 is 0. The molecule has 0 saturated carbocycles. The van der Waals surface area contributed by atoms with Gasteiger partial charge in [-0.15, -0.1) is 0 Å². The first kappa shape index (κ1) is 26.8. The molecule has 0 heterocycles. The van der Waals surface area contributed by atoms with Gasteiger partial charge in [0.15, 0.2) is 17.1 Å². The Bertz CT molecular complexity index is 1300. The van der Waals surface area contributed by atoms with Crippen molar-refractivity contribution < 1.29 is 44.7 Å². The average Bonchev–Trinajstić information content (AvgIpc) is 2.82. The van der Waals surface area contributed by atoms with Crippen LogP contribution in [0.2, 0.25) is 0 Å². The van der Waals surface area contributed by atoms with E-state index >= 15 is 0 Å². The molecule has 1 aromatic rings. The zero-order valence-electron chi connectivity index (χ0n) is 19.9. The predicted octanol–water partition coefficient (Wildman–Crippen LogP) is -0.185. The van der Waals surface area contributed by atoms with Gasteiger partial charge in [0.2, 0.25) is 11.7 Å². The normalized spacial score (nSPS) is 28.0. The summed E-state index contributed by atoms with van der Waals surface area (Å²) in [5, 5.41) is 56.0. The minimum absolute atomic E-state index is 0.0211. The number of phenols is 1. The lowest BCUT2D eigenvalue weighted by Crippen LogP contribution is -2.63. The van der Waals surface area contributed by atoms with Crippen LogP contribution in [0.3, 0.4) is 0 Å². The average molecular weight is 580 g/mol. The van der Waals surface area contributed by atoms with Crippen molar-refractivity contribution in [2.45, 2.75) is 29.3 Å². The molecule has 0 radical (unpaired) electrons. The number of fused-ring (bicyclic) bond motifs is 3. The van der Waals surface area contributed by atoms with Crippen LogP contribution in [0.15, 0.2) is 34.8 Å². The highest BCUT2D eigenvalue weighted by atomic mass is 79.9. The Balaban J connectivity index is 1.86. The van der Waals surface area contributed by atoms with Gasteiger partial charge in [0, 0.05) is 11.5 Å². The second-order valence-corrected chi connectivity index (χ2v) is 10.7. The molecule has 12 nitrogen and oxygen atoms in total. The van der Waals surface area contributed by atoms with Crippen molar-refractivity contribution >= 4 is 45.0 Å². The van der Waals surface area contributed by atoms with Crippen molar-refractivity contribution in [1.82, 2.24) is 4.90 Å². The molecule has 3 aliphatic carbocycles. The second-order valence-electron chi connectivity index (χ2n) is 9.60. The molecule has 0 fully saturated rings. The van der Waals surface area contributed by atoms with E-state index in [2.05, 4.69) is 21.2 Å². The number of hydrogen-bond acceptors (Lipinski definition) is 10. The van der Waals surface area contributed by atoms with Gasteiger partial charge in [-0.25, -0.2) is 0 Å². The Labute approximate surface area is 219 Å². The third-order valence-electron chi connectivity index (χ3n) is 7.30. The number of nitrogens with zero attached hydrogens (tertiary/aromatic N) is 1. The van der Waals surface area contributed by atoms with Gasteiger partial charge in [0.25, 0.3) is 5.91 Å². The minimum Gasteiger partial charge on any atom is -0.510 e. The number of amides is 2. The van der Waals surface area contributed by atoms with E-state index in [-0.39, 0.29) is 29.7 Å². The van der Waals surface area contributed by atoms with E-state index in [1.165, 1.54) is 17.0 Å². The van der Waals surface area contributed by atoms with Crippen molar-refractivity contribution in [3.05, 3.63) is 45.9 Å². The number of nitrogens with two attached hydrogens (primary N) is 1. The maximum atomic E-state index is 13.6. The minimum atomic E-state index is -2.73. The van der Waals surface area contributed by atoms with Crippen molar-refractivity contribution in [3.8, 4) is 5.75 Å². The molecule has 0 aliphatic heterocycles. The molecule has 4 rings (SSSR count). The van der Waals surface area contributed by atoms with Gasteiger partial charge in [-0.3, -0.25) is 24.1 Å². The number of primary amides is 1. The summed E-state index contributed by atoms with van der Waals surface area (Å²) in [6.07, 6.45) is 0.112. The Hall–Kier alpha value is -3.26. The second kappa shape index (κ2) is 9.24. The number of aromatic hydroxyl groups is 1. The van der Waals surface area contributed by atoms with Crippen LogP contribution in [0.25, 0.3) is 0 Å². The number of halogens is 1. The maximum absolute atomic E-state index is 13.6. The zero-order valence-corrected chi connectivity index (χ0v) is 21.4. The summed E-state index contributed by atoms with van der Waals surface area (Å²) in [6.45, 7) is -0.516. The fourth-order valence-corrected chi connectivity index (χ4v) is 5.73. The van der Waals surface area contributed by atoms with Gasteiger partial charge in [-0.05, 0) is 44.5 Å². The van der Waals surface area contributed by atoms with Crippen molar-refractivity contribution in [2.75, 3.05) is 26.0 Å². The fraction of sp³-hybridized carbons (Fsp3) is 0.417. The summed E-state index contributed by atoms with van der Waals surface area (Å²) in [5.41, 5.74) is 1.47. The maximum Gasteiger partial charge on any atom is 0.255 e. The van der Waals surface area contributed by atoms with E-state index in [1.807, 2.05) is 0 Å². The number of phenolic OH excluding ortho intramolecular Hbond substituents is 1. The molecule has 0 bridgehead atoms. The SMILES string of the molecule is CN(C)[C@@H]1C(O)=C(C(N)=O)C(=O)C2(O)C(O)=C3C(=O)c4c(ccc(NC(=O)C(Br)CO)c4O)CC3CC12. The molecule has 198 valence electrons. The number of hydrogen-bond donors (Lipinski definition) is 7. The summed E-state index contributed by atoms with van der Waals surface area (Å²) in [4.78, 5) is 51.5. The van der Waals surface area contributed by atoms with Crippen LogP contribution < -0.4 is 11.1 Å². The molecule has 37 heavy (non-hydrogen) atoms. The highest BCUT2D eigenvalue weighted by Gasteiger charge is 2.63. The zero-order chi connectivity index (χ0) is 27.6. The van der Waals surface area contributed by atoms with E-state index in [0.717, 1.165) is 0 Å². The molecule has 1 aromatic carbocycles. The highest BCUT2D eigenvalue weighted by Crippen LogP contribution is 2.52.